The zero-order valence-electron chi connectivity index (χ0n) is 19.8. The van der Waals surface area contributed by atoms with Crippen LogP contribution in [0.1, 0.15) is 43.7 Å². The zero-order valence-corrected chi connectivity index (χ0v) is 19.8. The summed E-state index contributed by atoms with van der Waals surface area (Å²) in [5.74, 6) is -1.80. The van der Waals surface area contributed by atoms with Crippen molar-refractivity contribution in [3.05, 3.63) is 59.7 Å². The second-order valence-corrected chi connectivity index (χ2v) is 9.79. The van der Waals surface area contributed by atoms with Gasteiger partial charge in [-0.2, -0.15) is 0 Å². The van der Waals surface area contributed by atoms with Crippen LogP contribution >= 0.6 is 0 Å². The lowest BCUT2D eigenvalue weighted by molar-refractivity contribution is -0.151. The third-order valence-corrected chi connectivity index (χ3v) is 7.41. The first-order valence-corrected chi connectivity index (χ1v) is 12.1. The molecular weight excluding hydrogens is 448 g/mol. The maximum absolute atomic E-state index is 13.5. The first-order chi connectivity index (χ1) is 16.9. The third-order valence-electron chi connectivity index (χ3n) is 7.41. The number of aliphatic carboxylic acids is 1. The fourth-order valence-electron chi connectivity index (χ4n) is 5.72. The van der Waals surface area contributed by atoms with Crippen LogP contribution in [0, 0.1) is 5.92 Å². The summed E-state index contributed by atoms with van der Waals surface area (Å²) < 4.78 is 11.3. The van der Waals surface area contributed by atoms with E-state index in [2.05, 4.69) is 17.4 Å². The van der Waals surface area contributed by atoms with Gasteiger partial charge in [-0.25, -0.2) is 9.59 Å². The van der Waals surface area contributed by atoms with Crippen molar-refractivity contribution in [1.29, 1.82) is 0 Å². The average molecular weight is 479 g/mol. The van der Waals surface area contributed by atoms with Gasteiger partial charge < -0.3 is 24.8 Å². The van der Waals surface area contributed by atoms with Crippen molar-refractivity contribution in [3.63, 3.8) is 0 Å². The summed E-state index contributed by atoms with van der Waals surface area (Å²) >= 11 is 0. The number of carboxylic acids is 1. The highest BCUT2D eigenvalue weighted by atomic mass is 16.5. The maximum atomic E-state index is 13.5. The number of hydrogen-bond donors (Lipinski definition) is 2. The van der Waals surface area contributed by atoms with Crippen LogP contribution < -0.4 is 5.32 Å². The van der Waals surface area contributed by atoms with Gasteiger partial charge in [0.25, 0.3) is 0 Å². The molecule has 2 fully saturated rings. The average Bonchev–Trinajstić information content (AvgIpc) is 3.52. The minimum absolute atomic E-state index is 0.0901. The number of carbonyl (C=O) groups is 3. The molecule has 2 aromatic rings. The van der Waals surface area contributed by atoms with Gasteiger partial charge in [0.15, 0.2) is 0 Å². The Labute approximate surface area is 204 Å². The monoisotopic (exact) mass is 478 g/mol. The van der Waals surface area contributed by atoms with E-state index < -0.39 is 30.1 Å². The van der Waals surface area contributed by atoms with Crippen molar-refractivity contribution >= 4 is 18.0 Å². The predicted molar refractivity (Wildman–Crippen MR) is 128 cm³/mol. The normalized spacial score (nSPS) is 23.5. The molecule has 8 nitrogen and oxygen atoms in total. The number of nitrogens with zero attached hydrogens (tertiary/aromatic N) is 1. The highest BCUT2D eigenvalue weighted by Crippen LogP contribution is 2.44. The van der Waals surface area contributed by atoms with Crippen molar-refractivity contribution in [2.24, 2.45) is 5.92 Å². The highest BCUT2D eigenvalue weighted by Gasteiger charge is 2.51. The van der Waals surface area contributed by atoms with Gasteiger partial charge in [0.1, 0.15) is 18.7 Å². The molecule has 1 unspecified atom stereocenters. The number of carbonyl (C=O) groups excluding carboxylic acids is 2. The van der Waals surface area contributed by atoms with Gasteiger partial charge in [-0.15, -0.1) is 0 Å². The smallest absolute Gasteiger partial charge is 0.407 e. The van der Waals surface area contributed by atoms with Gasteiger partial charge in [0, 0.05) is 18.9 Å². The Kier molecular flexibility index (Phi) is 6.23. The predicted octanol–water partition coefficient (Wildman–Crippen LogP) is 3.39. The van der Waals surface area contributed by atoms with Gasteiger partial charge >= 0.3 is 12.1 Å². The van der Waals surface area contributed by atoms with Gasteiger partial charge in [0.05, 0.1) is 12.1 Å². The molecule has 5 rings (SSSR count). The molecule has 4 atom stereocenters. The fraction of sp³-hybridized carbons (Fsp3) is 0.444. The molecule has 2 aliphatic heterocycles. The summed E-state index contributed by atoms with van der Waals surface area (Å²) in [5.41, 5.74) is 4.47. The molecule has 1 aliphatic carbocycles. The lowest BCUT2D eigenvalue weighted by Gasteiger charge is -2.32. The molecule has 8 heteroatoms. The molecule has 2 aromatic carbocycles. The Bertz CT molecular complexity index is 1100. The summed E-state index contributed by atoms with van der Waals surface area (Å²) in [5, 5.41) is 12.4. The summed E-state index contributed by atoms with van der Waals surface area (Å²) in [6, 6.07) is 14.0. The van der Waals surface area contributed by atoms with E-state index in [0.29, 0.717) is 13.0 Å². The van der Waals surface area contributed by atoms with Crippen LogP contribution in [0.4, 0.5) is 4.79 Å². The number of amides is 2. The summed E-state index contributed by atoms with van der Waals surface area (Å²) in [4.78, 5) is 39.6. The Morgan fingerprint density at radius 1 is 1.09 bits per heavy atom. The van der Waals surface area contributed by atoms with E-state index in [9.17, 15) is 19.5 Å². The number of alkyl carbamates (subject to hydrolysis) is 1. The molecule has 0 radical (unpaired) electrons. The van der Waals surface area contributed by atoms with Crippen molar-refractivity contribution in [3.8, 4) is 11.1 Å². The Hall–Kier alpha value is -3.39. The van der Waals surface area contributed by atoms with Crippen LogP contribution in [-0.4, -0.2) is 65.4 Å². The lowest BCUT2D eigenvalue weighted by atomic mass is 9.98. The Morgan fingerprint density at radius 2 is 1.71 bits per heavy atom. The minimum Gasteiger partial charge on any atom is -0.480 e. The molecule has 0 saturated carbocycles. The Balaban J connectivity index is 1.29. The summed E-state index contributed by atoms with van der Waals surface area (Å²) in [6.45, 7) is 4.28. The molecule has 2 heterocycles. The molecule has 0 aromatic heterocycles. The third kappa shape index (κ3) is 4.16. The van der Waals surface area contributed by atoms with Crippen LogP contribution in [0.3, 0.4) is 0 Å². The van der Waals surface area contributed by atoms with E-state index in [1.807, 2.05) is 50.2 Å². The van der Waals surface area contributed by atoms with E-state index in [-0.39, 0.29) is 37.0 Å². The van der Waals surface area contributed by atoms with Crippen LogP contribution in [0.5, 0.6) is 0 Å². The van der Waals surface area contributed by atoms with Crippen LogP contribution in [0.15, 0.2) is 48.5 Å². The first kappa shape index (κ1) is 23.4. The van der Waals surface area contributed by atoms with Crippen LogP contribution in [0.2, 0.25) is 0 Å². The van der Waals surface area contributed by atoms with Gasteiger partial charge in [0.2, 0.25) is 5.91 Å². The second-order valence-electron chi connectivity index (χ2n) is 9.79. The molecule has 0 bridgehead atoms. The van der Waals surface area contributed by atoms with E-state index in [1.165, 1.54) is 4.90 Å². The van der Waals surface area contributed by atoms with Crippen LogP contribution in [0.25, 0.3) is 11.1 Å². The number of hydrogen-bond acceptors (Lipinski definition) is 5. The van der Waals surface area contributed by atoms with Crippen molar-refractivity contribution in [2.75, 3.05) is 13.2 Å². The number of likely N-dealkylation sites (tertiary alicyclic amines) is 1. The number of carboxylic acid groups (broad SMARTS) is 1. The summed E-state index contributed by atoms with van der Waals surface area (Å²) in [6.07, 6.45) is -0.108. The zero-order chi connectivity index (χ0) is 24.7. The molecular formula is C27H30N2O6. The lowest BCUT2D eigenvalue weighted by Crippen LogP contribution is -2.56. The van der Waals surface area contributed by atoms with E-state index in [4.69, 9.17) is 9.47 Å². The topological polar surface area (TPSA) is 105 Å². The maximum Gasteiger partial charge on any atom is 0.407 e. The molecule has 2 N–H and O–H groups in total. The standard InChI is InChI=1S/C27H30N2O6/c1-15(2)24(25(30)29-21-11-12-34-23(21)13-22(29)26(31)32)28-27(33)35-14-20-18-9-5-3-7-16(18)17-8-4-6-10-19(17)20/h3-10,15,20-24H,11-14H2,1-2H3,(H,28,33)(H,31,32)/t21-,22?,23-,24-/m0/s1. The van der Waals surface area contributed by atoms with E-state index in [0.717, 1.165) is 22.3 Å². The molecule has 3 aliphatic rings. The molecule has 0 spiro atoms. The van der Waals surface area contributed by atoms with Crippen molar-refractivity contribution in [2.45, 2.75) is 56.8 Å². The van der Waals surface area contributed by atoms with Gasteiger partial charge in [-0.3, -0.25) is 4.79 Å². The highest BCUT2D eigenvalue weighted by molar-refractivity contribution is 5.90. The Morgan fingerprint density at radius 3 is 2.31 bits per heavy atom. The molecule has 35 heavy (non-hydrogen) atoms. The first-order valence-electron chi connectivity index (χ1n) is 12.1. The fourth-order valence-corrected chi connectivity index (χ4v) is 5.72. The quantitative estimate of drug-likeness (QED) is 0.660. The second kappa shape index (κ2) is 9.34. The number of benzene rings is 2. The van der Waals surface area contributed by atoms with Gasteiger partial charge in [-0.05, 0) is 34.6 Å². The molecule has 2 saturated heterocycles. The van der Waals surface area contributed by atoms with E-state index in [1.54, 1.807) is 0 Å². The van der Waals surface area contributed by atoms with E-state index >= 15 is 0 Å². The SMILES string of the molecule is CC(C)[C@H](NC(=O)OCC1c2ccccc2-c2ccccc21)C(=O)N1C(C(=O)O)C[C@@H]2OCC[C@@H]21. The molecule has 2 amide bonds. The minimum atomic E-state index is -1.06. The largest absolute Gasteiger partial charge is 0.480 e. The molecule has 184 valence electrons. The van der Waals surface area contributed by atoms with Gasteiger partial charge in [-0.1, -0.05) is 62.4 Å². The number of nitrogens with one attached hydrogen (secondary N) is 1. The number of ether oxygens (including phenoxy) is 2. The number of rotatable bonds is 6. The van der Waals surface area contributed by atoms with Crippen molar-refractivity contribution in [1.82, 2.24) is 10.2 Å². The van der Waals surface area contributed by atoms with Crippen LogP contribution in [-0.2, 0) is 19.1 Å². The number of fused-ring (bicyclic) bond motifs is 4. The summed E-state index contributed by atoms with van der Waals surface area (Å²) in [7, 11) is 0. The van der Waals surface area contributed by atoms with Crippen molar-refractivity contribution < 1.29 is 29.0 Å².